The van der Waals surface area contributed by atoms with Gasteiger partial charge in [0.25, 0.3) is 0 Å². The van der Waals surface area contributed by atoms with Gasteiger partial charge in [-0.15, -0.1) is 0 Å². The van der Waals surface area contributed by atoms with Crippen LogP contribution in [0.3, 0.4) is 0 Å². The number of aromatic amines is 1. The number of Topliss-reactive ketones (excluding diaryl/α,β-unsaturated/α-hetero) is 1. The number of fused-ring (bicyclic) bond motifs is 1. The van der Waals surface area contributed by atoms with Gasteiger partial charge in [0.15, 0.2) is 5.78 Å². The van der Waals surface area contributed by atoms with E-state index >= 15 is 0 Å². The third-order valence-electron chi connectivity index (χ3n) is 7.38. The van der Waals surface area contributed by atoms with Crippen LogP contribution in [-0.4, -0.2) is 50.3 Å². The summed E-state index contributed by atoms with van der Waals surface area (Å²) >= 11 is 0. The molecule has 3 aromatic rings. The molecule has 0 spiro atoms. The zero-order valence-electron chi connectivity index (χ0n) is 20.8. The van der Waals surface area contributed by atoms with Gasteiger partial charge in [0.1, 0.15) is 11.4 Å². The van der Waals surface area contributed by atoms with E-state index in [4.69, 9.17) is 11.1 Å². The first kappa shape index (κ1) is 23.9. The van der Waals surface area contributed by atoms with E-state index in [-0.39, 0.29) is 23.8 Å². The van der Waals surface area contributed by atoms with Crippen LogP contribution in [0, 0.1) is 11.3 Å². The molecule has 186 valence electrons. The summed E-state index contributed by atoms with van der Waals surface area (Å²) in [6, 6.07) is 8.09. The molecule has 1 aliphatic carbocycles. The number of likely N-dealkylation sites (tertiary alicyclic amines) is 1. The number of aromatic nitrogens is 3. The van der Waals surface area contributed by atoms with Gasteiger partial charge in [-0.05, 0) is 74.9 Å². The lowest BCUT2D eigenvalue weighted by Gasteiger charge is -2.32. The van der Waals surface area contributed by atoms with Crippen molar-refractivity contribution in [1.82, 2.24) is 19.9 Å². The fourth-order valence-corrected chi connectivity index (χ4v) is 4.82. The Morgan fingerprint density at radius 2 is 1.86 bits per heavy atom. The summed E-state index contributed by atoms with van der Waals surface area (Å²) in [5, 5.41) is 8.99. The highest BCUT2D eigenvalue weighted by Crippen LogP contribution is 2.35. The first-order valence-corrected chi connectivity index (χ1v) is 12.6. The van der Waals surface area contributed by atoms with Crippen LogP contribution < -0.4 is 5.73 Å². The molecule has 4 N–H and O–H groups in total. The zero-order valence-corrected chi connectivity index (χ0v) is 20.8. The van der Waals surface area contributed by atoms with Crippen molar-refractivity contribution in [3.05, 3.63) is 59.2 Å². The molecule has 0 unspecified atom stereocenters. The number of amides is 1. The summed E-state index contributed by atoms with van der Waals surface area (Å²) in [4.78, 5) is 39.4. The predicted octanol–water partition coefficient (Wildman–Crippen LogP) is 4.12. The monoisotopic (exact) mass is 484 g/mol. The number of allylic oxidation sites excluding steroid dienone is 2. The summed E-state index contributed by atoms with van der Waals surface area (Å²) in [5.41, 5.74) is 11.2. The van der Waals surface area contributed by atoms with E-state index in [1.165, 1.54) is 0 Å². The van der Waals surface area contributed by atoms with Gasteiger partial charge in [-0.2, -0.15) is 0 Å². The number of ketones is 1. The van der Waals surface area contributed by atoms with Gasteiger partial charge in [-0.25, -0.2) is 4.98 Å². The van der Waals surface area contributed by atoms with E-state index in [1.807, 2.05) is 29.3 Å². The highest BCUT2D eigenvalue weighted by atomic mass is 16.2. The van der Waals surface area contributed by atoms with Crippen molar-refractivity contribution in [3.8, 4) is 11.3 Å². The van der Waals surface area contributed by atoms with Crippen LogP contribution in [0.25, 0.3) is 22.3 Å². The Morgan fingerprint density at radius 3 is 2.56 bits per heavy atom. The number of carbonyl (C=O) groups is 2. The Balaban J connectivity index is 1.29. The first-order chi connectivity index (χ1) is 17.3. The van der Waals surface area contributed by atoms with Gasteiger partial charge < -0.3 is 15.6 Å². The summed E-state index contributed by atoms with van der Waals surface area (Å²) in [6.07, 6.45) is 7.60. The van der Waals surface area contributed by atoms with Crippen molar-refractivity contribution in [2.75, 3.05) is 13.1 Å². The summed E-state index contributed by atoms with van der Waals surface area (Å²) in [5.74, 6) is 0.677. The van der Waals surface area contributed by atoms with E-state index in [0.717, 1.165) is 72.3 Å². The average Bonchev–Trinajstić information content (AvgIpc) is 3.66. The van der Waals surface area contributed by atoms with Crippen LogP contribution in [0.15, 0.2) is 47.9 Å². The van der Waals surface area contributed by atoms with E-state index in [1.54, 1.807) is 20.0 Å². The van der Waals surface area contributed by atoms with Crippen molar-refractivity contribution in [2.45, 2.75) is 51.9 Å². The molecule has 0 bridgehead atoms. The number of nitrogens with zero attached hydrogens (tertiary/aromatic N) is 3. The molecule has 0 aromatic carbocycles. The van der Waals surface area contributed by atoms with Crippen LogP contribution in [0.5, 0.6) is 0 Å². The van der Waals surface area contributed by atoms with E-state index in [0.29, 0.717) is 23.1 Å². The van der Waals surface area contributed by atoms with Gasteiger partial charge in [-0.1, -0.05) is 0 Å². The maximum atomic E-state index is 12.5. The third kappa shape index (κ3) is 4.94. The predicted molar refractivity (Wildman–Crippen MR) is 140 cm³/mol. The molecule has 1 amide bonds. The smallest absolute Gasteiger partial charge is 0.225 e. The lowest BCUT2D eigenvalue weighted by molar-refractivity contribution is -0.133. The molecule has 2 aliphatic rings. The molecule has 1 aliphatic heterocycles. The summed E-state index contributed by atoms with van der Waals surface area (Å²) in [7, 11) is 0. The molecule has 0 radical (unpaired) electrons. The molecule has 8 heteroatoms. The van der Waals surface area contributed by atoms with Crippen LogP contribution in [0.1, 0.15) is 56.7 Å². The Bertz CT molecular complexity index is 1370. The Hall–Kier alpha value is -3.81. The SMILES string of the molecule is C/C(N)=C(\C)C(=N)C(=O)Cc1cnc2[nH]c(-c3ccnc(C4CCN(C(=O)C5CC5)CC4)c3)cc2c1. The van der Waals surface area contributed by atoms with Crippen LogP contribution in [0.4, 0.5) is 0 Å². The fraction of sp³-hybridized carbons (Fsp3) is 0.393. The largest absolute Gasteiger partial charge is 0.402 e. The first-order valence-electron chi connectivity index (χ1n) is 12.6. The second-order valence-corrected chi connectivity index (χ2v) is 10.1. The molecule has 36 heavy (non-hydrogen) atoms. The minimum Gasteiger partial charge on any atom is -0.402 e. The molecule has 0 atom stereocenters. The molecule has 2 fully saturated rings. The van der Waals surface area contributed by atoms with Gasteiger partial charge in [-0.3, -0.25) is 20.0 Å². The number of H-pyrrole nitrogens is 1. The second-order valence-electron chi connectivity index (χ2n) is 10.1. The van der Waals surface area contributed by atoms with Crippen LogP contribution >= 0.6 is 0 Å². The number of rotatable bonds is 7. The number of piperidine rings is 1. The number of hydrogen-bond acceptors (Lipinski definition) is 6. The number of pyridine rings is 2. The molecular weight excluding hydrogens is 452 g/mol. The van der Waals surface area contributed by atoms with Crippen LogP contribution in [-0.2, 0) is 16.0 Å². The minimum absolute atomic E-state index is 0.0584. The topological polar surface area (TPSA) is 129 Å². The van der Waals surface area contributed by atoms with Crippen molar-refractivity contribution >= 4 is 28.4 Å². The number of hydrogen-bond donors (Lipinski definition) is 3. The standard InChI is InChI=1S/C28H32N6O2/c1-16(17(2)29)26(30)25(35)12-18-11-22-14-24(33-27(22)32-15-18)21-5-8-31-23(13-21)19-6-9-34(10-7-19)28(36)20-3-4-20/h5,8,11,13-15,19-20,30H,3-4,6-7,9-10,12,29H2,1-2H3,(H,32,33)/b17-16-,30-26?. The van der Waals surface area contributed by atoms with E-state index in [9.17, 15) is 9.59 Å². The van der Waals surface area contributed by atoms with Gasteiger partial charge in [0.2, 0.25) is 5.91 Å². The third-order valence-corrected chi connectivity index (χ3v) is 7.38. The minimum atomic E-state index is -0.280. The zero-order chi connectivity index (χ0) is 25.4. The highest BCUT2D eigenvalue weighted by Gasteiger charge is 2.35. The second kappa shape index (κ2) is 9.68. The Morgan fingerprint density at radius 1 is 1.11 bits per heavy atom. The quantitative estimate of drug-likeness (QED) is 0.434. The molecule has 1 saturated carbocycles. The van der Waals surface area contributed by atoms with Gasteiger partial charge in [0.05, 0.1) is 0 Å². The molecule has 1 saturated heterocycles. The Labute approximate surface area is 210 Å². The number of nitrogens with one attached hydrogen (secondary N) is 2. The summed E-state index contributed by atoms with van der Waals surface area (Å²) < 4.78 is 0. The Kier molecular flexibility index (Phi) is 6.43. The highest BCUT2D eigenvalue weighted by molar-refractivity contribution is 6.45. The van der Waals surface area contributed by atoms with Gasteiger partial charge >= 0.3 is 0 Å². The lowest BCUT2D eigenvalue weighted by atomic mass is 9.92. The van der Waals surface area contributed by atoms with Crippen molar-refractivity contribution in [3.63, 3.8) is 0 Å². The maximum absolute atomic E-state index is 12.5. The molecule has 3 aromatic heterocycles. The fourth-order valence-electron chi connectivity index (χ4n) is 4.82. The van der Waals surface area contributed by atoms with Crippen molar-refractivity contribution < 1.29 is 9.59 Å². The van der Waals surface area contributed by atoms with Crippen molar-refractivity contribution in [2.24, 2.45) is 11.7 Å². The molecule has 5 rings (SSSR count). The van der Waals surface area contributed by atoms with E-state index in [2.05, 4.69) is 21.0 Å². The van der Waals surface area contributed by atoms with Gasteiger partial charge in [0, 0.05) is 71.8 Å². The number of nitrogens with two attached hydrogens (primary N) is 1. The molecule has 8 nitrogen and oxygen atoms in total. The van der Waals surface area contributed by atoms with Crippen LogP contribution in [0.2, 0.25) is 0 Å². The number of carbonyl (C=O) groups excluding carboxylic acids is 2. The normalized spacial score (nSPS) is 17.2. The molecular formula is C28H32N6O2. The van der Waals surface area contributed by atoms with E-state index < -0.39 is 0 Å². The average molecular weight is 485 g/mol. The summed E-state index contributed by atoms with van der Waals surface area (Å²) in [6.45, 7) is 4.99. The lowest BCUT2D eigenvalue weighted by Crippen LogP contribution is -2.38. The van der Waals surface area contributed by atoms with Crippen molar-refractivity contribution in [1.29, 1.82) is 5.41 Å². The molecule has 4 heterocycles. The maximum Gasteiger partial charge on any atom is 0.225 e.